The Hall–Kier alpha value is -2.51. The lowest BCUT2D eigenvalue weighted by Gasteiger charge is -2.17. The van der Waals surface area contributed by atoms with Crippen LogP contribution in [0.3, 0.4) is 0 Å². The summed E-state index contributed by atoms with van der Waals surface area (Å²) < 4.78 is 45.3. The van der Waals surface area contributed by atoms with E-state index in [1.807, 2.05) is 0 Å². The number of rotatable bonds is 3. The predicted molar refractivity (Wildman–Crippen MR) is 66.8 cm³/mol. The molecule has 0 amide bonds. The fourth-order valence-corrected chi connectivity index (χ4v) is 1.72. The molecule has 0 atom stereocenters. The second-order valence-electron chi connectivity index (χ2n) is 3.95. The monoisotopic (exact) mass is 284 g/mol. The SMILES string of the molecule is C=C(OC)c1cc(-n2cnnc2)c(C(F)(F)F)cc1N. The summed E-state index contributed by atoms with van der Waals surface area (Å²) in [7, 11) is 1.36. The van der Waals surface area contributed by atoms with Crippen molar-refractivity contribution >= 4 is 11.4 Å². The van der Waals surface area contributed by atoms with Crippen molar-refractivity contribution in [3.63, 3.8) is 0 Å². The van der Waals surface area contributed by atoms with Crippen LogP contribution in [0.4, 0.5) is 18.9 Å². The molecule has 20 heavy (non-hydrogen) atoms. The number of methoxy groups -OCH3 is 1. The molecule has 2 N–H and O–H groups in total. The van der Waals surface area contributed by atoms with Gasteiger partial charge >= 0.3 is 6.18 Å². The van der Waals surface area contributed by atoms with E-state index in [1.165, 1.54) is 25.8 Å². The topological polar surface area (TPSA) is 66.0 Å². The lowest BCUT2D eigenvalue weighted by molar-refractivity contribution is -0.137. The molecule has 5 nitrogen and oxygen atoms in total. The van der Waals surface area contributed by atoms with Crippen LogP contribution in [0.15, 0.2) is 31.4 Å². The first-order chi connectivity index (χ1) is 9.34. The van der Waals surface area contributed by atoms with Crippen molar-refractivity contribution in [2.75, 3.05) is 12.8 Å². The molecule has 8 heteroatoms. The van der Waals surface area contributed by atoms with Crippen LogP contribution in [-0.2, 0) is 10.9 Å². The second-order valence-corrected chi connectivity index (χ2v) is 3.95. The zero-order valence-electron chi connectivity index (χ0n) is 10.5. The van der Waals surface area contributed by atoms with Gasteiger partial charge in [-0.2, -0.15) is 13.2 Å². The molecule has 0 spiro atoms. The molecule has 0 unspecified atom stereocenters. The summed E-state index contributed by atoms with van der Waals surface area (Å²) >= 11 is 0. The molecule has 0 saturated carbocycles. The molecule has 2 rings (SSSR count). The summed E-state index contributed by atoms with van der Waals surface area (Å²) in [6.45, 7) is 3.59. The van der Waals surface area contributed by atoms with Crippen molar-refractivity contribution in [1.82, 2.24) is 14.8 Å². The Kier molecular flexibility index (Phi) is 3.39. The van der Waals surface area contributed by atoms with E-state index >= 15 is 0 Å². The summed E-state index contributed by atoms with van der Waals surface area (Å²) in [4.78, 5) is 0. The number of hydrogen-bond acceptors (Lipinski definition) is 4. The van der Waals surface area contributed by atoms with Crippen LogP contribution in [-0.4, -0.2) is 21.9 Å². The minimum absolute atomic E-state index is 0.0685. The van der Waals surface area contributed by atoms with E-state index in [2.05, 4.69) is 16.8 Å². The molecule has 1 aromatic carbocycles. The molecular formula is C12H11F3N4O. The highest BCUT2D eigenvalue weighted by Crippen LogP contribution is 2.37. The minimum atomic E-state index is -4.55. The third-order valence-corrected chi connectivity index (χ3v) is 2.72. The first-order valence-electron chi connectivity index (χ1n) is 5.43. The average Bonchev–Trinajstić information content (AvgIpc) is 2.90. The van der Waals surface area contributed by atoms with E-state index in [0.29, 0.717) is 0 Å². The zero-order chi connectivity index (χ0) is 14.9. The molecule has 1 aromatic heterocycles. The van der Waals surface area contributed by atoms with Crippen LogP contribution >= 0.6 is 0 Å². The summed E-state index contributed by atoms with van der Waals surface area (Å²) in [5.74, 6) is 0.172. The van der Waals surface area contributed by atoms with E-state index < -0.39 is 11.7 Å². The number of benzene rings is 1. The molecule has 0 aliphatic rings. The van der Waals surface area contributed by atoms with Crippen LogP contribution in [0.5, 0.6) is 0 Å². The van der Waals surface area contributed by atoms with Crippen molar-refractivity contribution in [3.8, 4) is 5.69 Å². The van der Waals surface area contributed by atoms with Gasteiger partial charge in [-0.3, -0.25) is 4.57 Å². The highest BCUT2D eigenvalue weighted by atomic mass is 19.4. The van der Waals surface area contributed by atoms with Crippen molar-refractivity contribution in [1.29, 1.82) is 0 Å². The lowest BCUT2D eigenvalue weighted by atomic mass is 10.0. The maximum atomic E-state index is 13.1. The predicted octanol–water partition coefficient (Wildman–Crippen LogP) is 2.49. The number of hydrogen-bond donors (Lipinski definition) is 1. The van der Waals surface area contributed by atoms with Crippen LogP contribution in [0.25, 0.3) is 11.4 Å². The van der Waals surface area contributed by atoms with Crippen LogP contribution in [0.1, 0.15) is 11.1 Å². The molecule has 0 radical (unpaired) electrons. The number of alkyl halides is 3. The van der Waals surface area contributed by atoms with Gasteiger partial charge < -0.3 is 10.5 Å². The first-order valence-corrected chi connectivity index (χ1v) is 5.43. The Balaban J connectivity index is 2.71. The lowest BCUT2D eigenvalue weighted by Crippen LogP contribution is -2.12. The van der Waals surface area contributed by atoms with E-state index in [1.54, 1.807) is 0 Å². The number of nitrogen functional groups attached to an aromatic ring is 1. The fraction of sp³-hybridized carbons (Fsp3) is 0.167. The van der Waals surface area contributed by atoms with Crippen molar-refractivity contribution in [2.24, 2.45) is 0 Å². The van der Waals surface area contributed by atoms with E-state index in [4.69, 9.17) is 10.5 Å². The van der Waals surface area contributed by atoms with Gasteiger partial charge in [-0.15, -0.1) is 10.2 Å². The van der Waals surface area contributed by atoms with E-state index in [-0.39, 0.29) is 22.7 Å². The first kappa shape index (κ1) is 13.9. The summed E-state index contributed by atoms with van der Waals surface area (Å²) in [5.41, 5.74) is 4.81. The molecule has 2 aromatic rings. The van der Waals surface area contributed by atoms with Gasteiger partial charge in [-0.1, -0.05) is 6.58 Å². The third-order valence-electron chi connectivity index (χ3n) is 2.72. The van der Waals surface area contributed by atoms with E-state index in [9.17, 15) is 13.2 Å². The normalized spacial score (nSPS) is 11.4. The van der Waals surface area contributed by atoms with Gasteiger partial charge in [0.2, 0.25) is 0 Å². The maximum Gasteiger partial charge on any atom is 0.418 e. The highest BCUT2D eigenvalue weighted by molar-refractivity contribution is 5.73. The molecular weight excluding hydrogens is 273 g/mol. The van der Waals surface area contributed by atoms with Crippen molar-refractivity contribution < 1.29 is 17.9 Å². The number of nitrogens with two attached hydrogens (primary N) is 1. The zero-order valence-corrected chi connectivity index (χ0v) is 10.5. The van der Waals surface area contributed by atoms with Crippen molar-refractivity contribution in [2.45, 2.75) is 6.18 Å². The second kappa shape index (κ2) is 4.87. The molecule has 0 aliphatic carbocycles. The Morgan fingerprint density at radius 1 is 1.30 bits per heavy atom. The number of nitrogens with zero attached hydrogens (tertiary/aromatic N) is 3. The molecule has 1 heterocycles. The van der Waals surface area contributed by atoms with Gasteiger partial charge in [-0.25, -0.2) is 0 Å². The number of ether oxygens (including phenoxy) is 1. The summed E-state index contributed by atoms with van der Waals surface area (Å²) in [5, 5.41) is 7.00. The van der Waals surface area contributed by atoms with Gasteiger partial charge in [0.05, 0.1) is 18.4 Å². The molecule has 0 aliphatic heterocycles. The molecule has 0 saturated heterocycles. The molecule has 0 fully saturated rings. The Morgan fingerprint density at radius 3 is 2.40 bits per heavy atom. The maximum absolute atomic E-state index is 13.1. The van der Waals surface area contributed by atoms with Gasteiger partial charge in [0.1, 0.15) is 18.4 Å². The quantitative estimate of drug-likeness (QED) is 0.694. The van der Waals surface area contributed by atoms with Crippen LogP contribution < -0.4 is 5.73 Å². The summed E-state index contributed by atoms with van der Waals surface area (Å²) in [6.07, 6.45) is -2.22. The number of halogens is 3. The fourth-order valence-electron chi connectivity index (χ4n) is 1.72. The van der Waals surface area contributed by atoms with Crippen LogP contribution in [0.2, 0.25) is 0 Å². The Bertz CT molecular complexity index is 635. The largest absolute Gasteiger partial charge is 0.497 e. The minimum Gasteiger partial charge on any atom is -0.497 e. The van der Waals surface area contributed by atoms with Gasteiger partial charge in [0.25, 0.3) is 0 Å². The Morgan fingerprint density at radius 2 is 1.90 bits per heavy atom. The van der Waals surface area contributed by atoms with E-state index in [0.717, 1.165) is 10.6 Å². The number of aromatic nitrogens is 3. The molecule has 106 valence electrons. The highest BCUT2D eigenvalue weighted by Gasteiger charge is 2.35. The van der Waals surface area contributed by atoms with Crippen molar-refractivity contribution in [3.05, 3.63) is 42.5 Å². The Labute approximate surface area is 112 Å². The van der Waals surface area contributed by atoms with Crippen LogP contribution in [0, 0.1) is 0 Å². The van der Waals surface area contributed by atoms with Gasteiger partial charge in [0.15, 0.2) is 0 Å². The third kappa shape index (κ3) is 2.44. The standard InChI is InChI=1S/C12H11F3N4O/c1-7(20-2)8-3-11(19-5-17-18-6-19)9(4-10(8)16)12(13,14)15/h3-6H,1,16H2,2H3. The van der Waals surface area contributed by atoms with Gasteiger partial charge in [0, 0.05) is 11.3 Å². The molecule has 0 bridgehead atoms. The smallest absolute Gasteiger partial charge is 0.418 e. The number of anilines is 1. The van der Waals surface area contributed by atoms with Gasteiger partial charge in [-0.05, 0) is 12.1 Å². The summed E-state index contributed by atoms with van der Waals surface area (Å²) in [6, 6.07) is 2.09. The average molecular weight is 284 g/mol.